The van der Waals surface area contributed by atoms with Gasteiger partial charge in [0, 0.05) is 26.2 Å². The second-order valence-electron chi connectivity index (χ2n) is 5.11. The maximum atomic E-state index is 10.6. The van der Waals surface area contributed by atoms with E-state index in [0.717, 1.165) is 32.8 Å². The molecule has 2 heterocycles. The monoisotopic (exact) mass is 272 g/mol. The van der Waals surface area contributed by atoms with Gasteiger partial charge in [0.15, 0.2) is 0 Å². The molecule has 0 aromatic rings. The first-order valence-corrected chi connectivity index (χ1v) is 6.36. The summed E-state index contributed by atoms with van der Waals surface area (Å²) in [6.45, 7) is 5.56. The number of aliphatic carboxylic acids is 2. The molecule has 0 unspecified atom stereocenters. The Morgan fingerprint density at radius 2 is 1.11 bits per heavy atom. The van der Waals surface area contributed by atoms with Gasteiger partial charge in [-0.25, -0.2) is 0 Å². The summed E-state index contributed by atoms with van der Waals surface area (Å²) < 4.78 is 0. The molecule has 2 rings (SSSR count). The van der Waals surface area contributed by atoms with Crippen molar-refractivity contribution >= 4 is 11.9 Å². The van der Waals surface area contributed by atoms with Crippen molar-refractivity contribution in [1.82, 2.24) is 19.6 Å². The lowest BCUT2D eigenvalue weighted by atomic mass is 10.5. The van der Waals surface area contributed by atoms with E-state index < -0.39 is 11.9 Å². The zero-order valence-electron chi connectivity index (χ0n) is 10.9. The van der Waals surface area contributed by atoms with Crippen LogP contribution in [0.25, 0.3) is 0 Å². The second-order valence-corrected chi connectivity index (χ2v) is 5.11. The van der Waals surface area contributed by atoms with E-state index in [1.165, 1.54) is 0 Å². The zero-order chi connectivity index (χ0) is 13.8. The van der Waals surface area contributed by atoms with Gasteiger partial charge in [0.1, 0.15) is 0 Å². The van der Waals surface area contributed by atoms with Crippen LogP contribution in [0.5, 0.6) is 0 Å². The van der Waals surface area contributed by atoms with Crippen LogP contribution in [0.15, 0.2) is 0 Å². The molecule has 2 aliphatic rings. The zero-order valence-corrected chi connectivity index (χ0v) is 10.9. The maximum Gasteiger partial charge on any atom is 0.317 e. The van der Waals surface area contributed by atoms with Gasteiger partial charge in [-0.1, -0.05) is 0 Å². The number of hydrogen-bond acceptors (Lipinski definition) is 6. The van der Waals surface area contributed by atoms with Crippen LogP contribution in [0.3, 0.4) is 0 Å². The van der Waals surface area contributed by atoms with Gasteiger partial charge in [-0.2, -0.15) is 0 Å². The van der Waals surface area contributed by atoms with E-state index in [4.69, 9.17) is 10.2 Å². The predicted molar refractivity (Wildman–Crippen MR) is 66.4 cm³/mol. The van der Waals surface area contributed by atoms with Crippen LogP contribution in [0.4, 0.5) is 0 Å². The van der Waals surface area contributed by atoms with Gasteiger partial charge in [-0.3, -0.25) is 29.2 Å². The largest absolute Gasteiger partial charge is 0.480 e. The molecule has 0 aromatic carbocycles. The van der Waals surface area contributed by atoms with Crippen LogP contribution in [0.1, 0.15) is 0 Å². The molecule has 0 spiro atoms. The standard InChI is InChI=1S/C11H20N4O4/c16-10(17)5-12-1-3-14(7-12)9-15-4-2-13(8-15)6-11(18)19/h1-9H2,(H,16,17)(H,18,19). The lowest BCUT2D eigenvalue weighted by molar-refractivity contribution is -0.139. The van der Waals surface area contributed by atoms with Gasteiger partial charge in [0.2, 0.25) is 0 Å². The molecule has 2 saturated heterocycles. The predicted octanol–water partition coefficient (Wildman–Crippen LogP) is -1.74. The van der Waals surface area contributed by atoms with Crippen LogP contribution < -0.4 is 0 Å². The molecule has 108 valence electrons. The number of carbonyl (C=O) groups is 2. The van der Waals surface area contributed by atoms with Crippen molar-refractivity contribution in [3.05, 3.63) is 0 Å². The summed E-state index contributed by atoms with van der Waals surface area (Å²) in [5.41, 5.74) is 0. The van der Waals surface area contributed by atoms with Gasteiger partial charge >= 0.3 is 11.9 Å². The maximum absolute atomic E-state index is 10.6. The molecular weight excluding hydrogens is 252 g/mol. The Labute approximate surface area is 111 Å². The van der Waals surface area contributed by atoms with E-state index in [2.05, 4.69) is 9.80 Å². The van der Waals surface area contributed by atoms with Crippen LogP contribution in [0.2, 0.25) is 0 Å². The van der Waals surface area contributed by atoms with E-state index in [9.17, 15) is 9.59 Å². The third-order valence-electron chi connectivity index (χ3n) is 3.38. The van der Waals surface area contributed by atoms with Gasteiger partial charge in [-0.05, 0) is 0 Å². The summed E-state index contributed by atoms with van der Waals surface area (Å²) in [4.78, 5) is 29.4. The number of hydrogen-bond donors (Lipinski definition) is 2. The number of nitrogens with zero attached hydrogens (tertiary/aromatic N) is 4. The summed E-state index contributed by atoms with van der Waals surface area (Å²) in [6, 6.07) is 0. The highest BCUT2D eigenvalue weighted by molar-refractivity contribution is 5.69. The molecule has 8 heteroatoms. The quantitative estimate of drug-likeness (QED) is 0.589. The van der Waals surface area contributed by atoms with E-state index in [1.54, 1.807) is 0 Å². The first-order valence-electron chi connectivity index (χ1n) is 6.36. The normalized spacial score (nSPS) is 23.2. The van der Waals surface area contributed by atoms with Crippen LogP contribution in [0, 0.1) is 0 Å². The summed E-state index contributed by atoms with van der Waals surface area (Å²) in [6.07, 6.45) is 0. The summed E-state index contributed by atoms with van der Waals surface area (Å²) in [5.74, 6) is -1.59. The molecule has 0 radical (unpaired) electrons. The van der Waals surface area contributed by atoms with Crippen molar-refractivity contribution < 1.29 is 19.8 Å². The van der Waals surface area contributed by atoms with Gasteiger partial charge in [0.05, 0.1) is 33.1 Å². The molecule has 0 amide bonds. The molecule has 0 aliphatic carbocycles. The highest BCUT2D eigenvalue weighted by atomic mass is 16.4. The Morgan fingerprint density at radius 3 is 1.47 bits per heavy atom. The lowest BCUT2D eigenvalue weighted by Gasteiger charge is -2.23. The minimum absolute atomic E-state index is 0.0850. The second kappa shape index (κ2) is 6.29. The Hall–Kier alpha value is -1.22. The van der Waals surface area contributed by atoms with Crippen LogP contribution in [-0.2, 0) is 9.59 Å². The third-order valence-corrected chi connectivity index (χ3v) is 3.38. The van der Waals surface area contributed by atoms with E-state index in [0.29, 0.717) is 13.3 Å². The minimum Gasteiger partial charge on any atom is -0.480 e. The van der Waals surface area contributed by atoms with E-state index in [-0.39, 0.29) is 13.1 Å². The fraction of sp³-hybridized carbons (Fsp3) is 0.818. The van der Waals surface area contributed by atoms with Crippen LogP contribution in [-0.4, -0.2) is 101 Å². The van der Waals surface area contributed by atoms with Crippen molar-refractivity contribution in [2.24, 2.45) is 0 Å². The van der Waals surface area contributed by atoms with E-state index in [1.807, 2.05) is 9.80 Å². The van der Waals surface area contributed by atoms with E-state index >= 15 is 0 Å². The molecule has 2 aliphatic heterocycles. The first-order chi connectivity index (χ1) is 9.02. The Kier molecular flexibility index (Phi) is 4.70. The molecule has 0 bridgehead atoms. The van der Waals surface area contributed by atoms with Gasteiger partial charge in [-0.15, -0.1) is 0 Å². The van der Waals surface area contributed by atoms with Gasteiger partial charge in [0.25, 0.3) is 0 Å². The Bertz CT molecular complexity index is 320. The number of rotatable bonds is 6. The lowest BCUT2D eigenvalue weighted by Crippen LogP contribution is -2.38. The summed E-state index contributed by atoms with van der Waals surface area (Å²) in [7, 11) is 0. The summed E-state index contributed by atoms with van der Waals surface area (Å²) in [5, 5.41) is 17.5. The third kappa shape index (κ3) is 4.43. The van der Waals surface area contributed by atoms with Gasteiger partial charge < -0.3 is 10.2 Å². The molecule has 0 aromatic heterocycles. The fourth-order valence-corrected chi connectivity index (χ4v) is 2.57. The molecule has 0 saturated carbocycles. The fourth-order valence-electron chi connectivity index (χ4n) is 2.57. The summed E-state index contributed by atoms with van der Waals surface area (Å²) >= 11 is 0. The average molecular weight is 272 g/mol. The van der Waals surface area contributed by atoms with Crippen molar-refractivity contribution in [3.8, 4) is 0 Å². The Morgan fingerprint density at radius 1 is 0.737 bits per heavy atom. The van der Waals surface area contributed by atoms with Crippen molar-refractivity contribution in [2.45, 2.75) is 0 Å². The molecular formula is C11H20N4O4. The van der Waals surface area contributed by atoms with Crippen molar-refractivity contribution in [2.75, 3.05) is 59.3 Å². The molecule has 0 atom stereocenters. The highest BCUT2D eigenvalue weighted by Gasteiger charge is 2.26. The first kappa shape index (κ1) is 14.2. The molecule has 8 nitrogen and oxygen atoms in total. The van der Waals surface area contributed by atoms with Crippen molar-refractivity contribution in [3.63, 3.8) is 0 Å². The molecule has 19 heavy (non-hydrogen) atoms. The minimum atomic E-state index is -0.796. The number of carboxylic acid groups (broad SMARTS) is 2. The Balaban J connectivity index is 1.69. The molecule has 2 fully saturated rings. The molecule has 2 N–H and O–H groups in total. The average Bonchev–Trinajstić information content (AvgIpc) is 2.88. The smallest absolute Gasteiger partial charge is 0.317 e. The highest BCUT2D eigenvalue weighted by Crippen LogP contribution is 2.09. The van der Waals surface area contributed by atoms with Crippen molar-refractivity contribution in [1.29, 1.82) is 0 Å². The number of carboxylic acids is 2. The van der Waals surface area contributed by atoms with Crippen LogP contribution >= 0.6 is 0 Å². The topological polar surface area (TPSA) is 87.6 Å². The SMILES string of the molecule is O=C(O)CN1CCN(CN2CCN(CC(=O)O)C2)C1.